The van der Waals surface area contributed by atoms with Crippen LogP contribution in [0.5, 0.6) is 0 Å². The number of pyridine rings is 1. The van der Waals surface area contributed by atoms with Crippen molar-refractivity contribution >= 4 is 16.3 Å². The first-order valence-corrected chi connectivity index (χ1v) is 6.25. The van der Waals surface area contributed by atoms with Crippen molar-refractivity contribution in [2.45, 2.75) is 0 Å². The van der Waals surface area contributed by atoms with Gasteiger partial charge in [-0.05, 0) is 12.1 Å². The molecule has 4 rings (SSSR count). The standard InChI is InChI=1S/C17H11N2.Ir/c1-2-6-14-11-15(9-8-13(14)5-1)17-18-12-16-7-3-4-10-19(16)17;/h1-8,10-12H;/q-1;. The minimum atomic E-state index is 0. The molecule has 0 unspecified atom stereocenters. The summed E-state index contributed by atoms with van der Waals surface area (Å²) < 4.78 is 2.08. The number of imidazole rings is 1. The molecule has 0 saturated carbocycles. The third-order valence-electron chi connectivity index (χ3n) is 3.36. The molecular weight excluding hydrogens is 424 g/mol. The zero-order valence-electron chi connectivity index (χ0n) is 10.6. The fourth-order valence-corrected chi connectivity index (χ4v) is 2.40. The van der Waals surface area contributed by atoms with Crippen LogP contribution in [0.1, 0.15) is 0 Å². The molecule has 99 valence electrons. The maximum absolute atomic E-state index is 4.50. The van der Waals surface area contributed by atoms with Gasteiger partial charge in [0, 0.05) is 32.5 Å². The van der Waals surface area contributed by atoms with Crippen molar-refractivity contribution in [2.75, 3.05) is 0 Å². The monoisotopic (exact) mass is 436 g/mol. The molecule has 0 N–H and O–H groups in total. The number of aromatic nitrogens is 2. The van der Waals surface area contributed by atoms with Gasteiger partial charge in [-0.2, -0.15) is 0 Å². The summed E-state index contributed by atoms with van der Waals surface area (Å²) in [6.45, 7) is 0. The predicted octanol–water partition coefficient (Wildman–Crippen LogP) is 3.95. The molecule has 0 aliphatic rings. The summed E-state index contributed by atoms with van der Waals surface area (Å²) in [6.07, 6.45) is 3.92. The fraction of sp³-hybridized carbons (Fsp3) is 0. The molecule has 1 radical (unpaired) electrons. The molecule has 20 heavy (non-hydrogen) atoms. The van der Waals surface area contributed by atoms with Gasteiger partial charge in [0.25, 0.3) is 0 Å². The van der Waals surface area contributed by atoms with Crippen molar-refractivity contribution in [3.63, 3.8) is 0 Å². The summed E-state index contributed by atoms with van der Waals surface area (Å²) in [5.74, 6) is 0.932. The maximum atomic E-state index is 4.50. The Morgan fingerprint density at radius 1 is 0.950 bits per heavy atom. The zero-order valence-corrected chi connectivity index (χ0v) is 13.0. The molecule has 4 aromatic rings. The van der Waals surface area contributed by atoms with Crippen LogP contribution in [0.4, 0.5) is 0 Å². The molecular formula is C17H11IrN2-. The molecule has 2 aromatic heterocycles. The van der Waals surface area contributed by atoms with Crippen LogP contribution in [0, 0.1) is 6.07 Å². The van der Waals surface area contributed by atoms with E-state index in [0.29, 0.717) is 0 Å². The third-order valence-corrected chi connectivity index (χ3v) is 3.36. The van der Waals surface area contributed by atoms with Crippen molar-refractivity contribution < 1.29 is 20.1 Å². The minimum absolute atomic E-state index is 0. The van der Waals surface area contributed by atoms with Crippen LogP contribution >= 0.6 is 0 Å². The third kappa shape index (κ3) is 2.05. The van der Waals surface area contributed by atoms with E-state index in [2.05, 4.69) is 45.8 Å². The summed E-state index contributed by atoms with van der Waals surface area (Å²) in [6, 6.07) is 21.9. The Kier molecular flexibility index (Phi) is 3.39. The van der Waals surface area contributed by atoms with Gasteiger partial charge in [0.15, 0.2) is 0 Å². The second-order valence-electron chi connectivity index (χ2n) is 4.55. The number of rotatable bonds is 1. The average Bonchev–Trinajstić information content (AvgIpc) is 2.91. The van der Waals surface area contributed by atoms with Gasteiger partial charge in [-0.15, -0.1) is 29.1 Å². The summed E-state index contributed by atoms with van der Waals surface area (Å²) in [5.41, 5.74) is 2.11. The summed E-state index contributed by atoms with van der Waals surface area (Å²) in [7, 11) is 0. The summed E-state index contributed by atoms with van der Waals surface area (Å²) in [4.78, 5) is 4.50. The van der Waals surface area contributed by atoms with E-state index in [1.54, 1.807) is 0 Å². The number of benzene rings is 2. The van der Waals surface area contributed by atoms with E-state index in [0.717, 1.165) is 16.9 Å². The van der Waals surface area contributed by atoms with Gasteiger partial charge in [-0.3, -0.25) is 4.98 Å². The Hall–Kier alpha value is -1.96. The van der Waals surface area contributed by atoms with Crippen LogP contribution in [-0.2, 0) is 20.1 Å². The molecule has 2 aromatic carbocycles. The van der Waals surface area contributed by atoms with E-state index in [-0.39, 0.29) is 20.1 Å². The molecule has 0 fully saturated rings. The predicted molar refractivity (Wildman–Crippen MR) is 77.0 cm³/mol. The molecule has 0 amide bonds. The largest absolute Gasteiger partial charge is 0.340 e. The van der Waals surface area contributed by atoms with Crippen LogP contribution in [-0.4, -0.2) is 9.38 Å². The van der Waals surface area contributed by atoms with Crippen LogP contribution < -0.4 is 0 Å². The van der Waals surface area contributed by atoms with Crippen molar-refractivity contribution in [2.24, 2.45) is 0 Å². The molecule has 0 atom stereocenters. The van der Waals surface area contributed by atoms with E-state index in [1.807, 2.05) is 36.7 Å². The fourth-order valence-electron chi connectivity index (χ4n) is 2.40. The SMILES string of the molecule is [Ir].[c-]1cc2ccccc2cc1-c1ncc2ccccn12. The van der Waals surface area contributed by atoms with Gasteiger partial charge in [-0.1, -0.05) is 35.7 Å². The second kappa shape index (κ2) is 5.20. The number of fused-ring (bicyclic) bond motifs is 2. The minimum Gasteiger partial charge on any atom is -0.340 e. The zero-order chi connectivity index (χ0) is 12.7. The van der Waals surface area contributed by atoms with Crippen molar-refractivity contribution in [1.82, 2.24) is 9.38 Å². The quantitative estimate of drug-likeness (QED) is 0.414. The Bertz CT molecular complexity index is 880. The molecule has 0 saturated heterocycles. The van der Waals surface area contributed by atoms with Gasteiger partial charge in [0.1, 0.15) is 0 Å². The topological polar surface area (TPSA) is 17.3 Å². The van der Waals surface area contributed by atoms with E-state index < -0.39 is 0 Å². The van der Waals surface area contributed by atoms with E-state index in [4.69, 9.17) is 0 Å². The van der Waals surface area contributed by atoms with E-state index >= 15 is 0 Å². The van der Waals surface area contributed by atoms with Gasteiger partial charge in [-0.25, -0.2) is 0 Å². The molecule has 2 heterocycles. The number of nitrogens with zero attached hydrogens (tertiary/aromatic N) is 2. The Morgan fingerprint density at radius 2 is 1.75 bits per heavy atom. The van der Waals surface area contributed by atoms with Gasteiger partial charge >= 0.3 is 0 Å². The van der Waals surface area contributed by atoms with Gasteiger partial charge < -0.3 is 4.40 Å². The Balaban J connectivity index is 0.00000121. The summed E-state index contributed by atoms with van der Waals surface area (Å²) >= 11 is 0. The van der Waals surface area contributed by atoms with Crippen LogP contribution in [0.15, 0.2) is 67.0 Å². The number of hydrogen-bond donors (Lipinski definition) is 0. The van der Waals surface area contributed by atoms with Crippen LogP contribution in [0.25, 0.3) is 27.7 Å². The Morgan fingerprint density at radius 3 is 2.65 bits per heavy atom. The Labute approximate surface area is 130 Å². The van der Waals surface area contributed by atoms with E-state index in [9.17, 15) is 0 Å². The average molecular weight is 436 g/mol. The first-order valence-electron chi connectivity index (χ1n) is 6.25. The smallest absolute Gasteiger partial charge is 0.0603 e. The van der Waals surface area contributed by atoms with Gasteiger partial charge in [0.2, 0.25) is 0 Å². The molecule has 0 aliphatic heterocycles. The molecule has 3 heteroatoms. The molecule has 0 aliphatic carbocycles. The first-order chi connectivity index (χ1) is 9.42. The number of hydrogen-bond acceptors (Lipinski definition) is 1. The second-order valence-corrected chi connectivity index (χ2v) is 4.55. The molecule has 0 spiro atoms. The van der Waals surface area contributed by atoms with Gasteiger partial charge in [0.05, 0.1) is 11.3 Å². The van der Waals surface area contributed by atoms with Crippen molar-refractivity contribution in [1.29, 1.82) is 0 Å². The van der Waals surface area contributed by atoms with Crippen LogP contribution in [0.2, 0.25) is 0 Å². The van der Waals surface area contributed by atoms with Crippen LogP contribution in [0.3, 0.4) is 0 Å². The molecule has 2 nitrogen and oxygen atoms in total. The normalized spacial score (nSPS) is 10.6. The molecule has 0 bridgehead atoms. The van der Waals surface area contributed by atoms with Crippen molar-refractivity contribution in [3.05, 3.63) is 73.1 Å². The van der Waals surface area contributed by atoms with Crippen molar-refractivity contribution in [3.8, 4) is 11.4 Å². The maximum Gasteiger partial charge on any atom is 0.0603 e. The van der Waals surface area contributed by atoms with E-state index in [1.165, 1.54) is 10.8 Å². The first kappa shape index (κ1) is 13.0. The summed E-state index contributed by atoms with van der Waals surface area (Å²) in [5, 5.41) is 2.41.